The van der Waals surface area contributed by atoms with E-state index in [1.807, 2.05) is 13.8 Å². The molecule has 2 atom stereocenters. The normalized spacial score (nSPS) is 27.1. The van der Waals surface area contributed by atoms with Gasteiger partial charge >= 0.3 is 0 Å². The van der Waals surface area contributed by atoms with Crippen LogP contribution in [-0.4, -0.2) is 18.0 Å². The van der Waals surface area contributed by atoms with E-state index in [4.69, 9.17) is 9.47 Å². The van der Waals surface area contributed by atoms with E-state index >= 15 is 0 Å². The van der Waals surface area contributed by atoms with Crippen molar-refractivity contribution in [3.05, 3.63) is 12.2 Å². The Morgan fingerprint density at radius 1 is 1.00 bits per heavy atom. The molecule has 0 bridgehead atoms. The van der Waals surface area contributed by atoms with E-state index < -0.39 is 5.79 Å². The minimum absolute atomic E-state index is 0.147. The smallest absolute Gasteiger partial charge is 0.164 e. The Labute approximate surface area is 113 Å². The Morgan fingerprint density at radius 2 is 1.72 bits per heavy atom. The van der Waals surface area contributed by atoms with E-state index in [0.717, 1.165) is 12.8 Å². The number of rotatable bonds is 8. The maximum atomic E-state index is 5.99. The molecule has 2 nitrogen and oxygen atoms in total. The second-order valence-electron chi connectivity index (χ2n) is 5.70. The van der Waals surface area contributed by atoms with Crippen molar-refractivity contribution in [2.45, 2.75) is 90.6 Å². The van der Waals surface area contributed by atoms with Crippen molar-refractivity contribution in [1.82, 2.24) is 0 Å². The first kappa shape index (κ1) is 15.7. The van der Waals surface area contributed by atoms with Gasteiger partial charge in [0.2, 0.25) is 0 Å². The summed E-state index contributed by atoms with van der Waals surface area (Å²) in [5.41, 5.74) is 0. The maximum absolute atomic E-state index is 5.99. The number of allylic oxidation sites excluding steroid dienone is 1. The van der Waals surface area contributed by atoms with Crippen LogP contribution in [0.4, 0.5) is 0 Å². The minimum Gasteiger partial charge on any atom is -0.344 e. The highest BCUT2D eigenvalue weighted by atomic mass is 16.7. The monoisotopic (exact) mass is 254 g/mol. The molecule has 0 aromatic rings. The summed E-state index contributed by atoms with van der Waals surface area (Å²) in [4.78, 5) is 0. The lowest BCUT2D eigenvalue weighted by Crippen LogP contribution is -2.21. The SMILES string of the molecule is CCCC/C=C/[C@H]1OC(C)(C)O[C@H]1CCCCC. The molecule has 0 unspecified atom stereocenters. The van der Waals surface area contributed by atoms with Crippen LogP contribution in [0.5, 0.6) is 0 Å². The third-order valence-corrected chi connectivity index (χ3v) is 3.36. The molecule has 18 heavy (non-hydrogen) atoms. The van der Waals surface area contributed by atoms with E-state index in [2.05, 4.69) is 26.0 Å². The number of hydrogen-bond donors (Lipinski definition) is 0. The van der Waals surface area contributed by atoms with Crippen LogP contribution in [0.2, 0.25) is 0 Å². The Kier molecular flexibility index (Phi) is 6.95. The van der Waals surface area contributed by atoms with Crippen LogP contribution < -0.4 is 0 Å². The first-order valence-corrected chi connectivity index (χ1v) is 7.61. The zero-order valence-electron chi connectivity index (χ0n) is 12.6. The highest BCUT2D eigenvalue weighted by Crippen LogP contribution is 2.31. The topological polar surface area (TPSA) is 18.5 Å². The molecule has 1 aliphatic heterocycles. The Hall–Kier alpha value is -0.340. The van der Waals surface area contributed by atoms with Crippen LogP contribution in [0, 0.1) is 0 Å². The van der Waals surface area contributed by atoms with Gasteiger partial charge < -0.3 is 9.47 Å². The molecular weight excluding hydrogens is 224 g/mol. The summed E-state index contributed by atoms with van der Waals surface area (Å²) < 4.78 is 12.0. The summed E-state index contributed by atoms with van der Waals surface area (Å²) in [5, 5.41) is 0. The molecule has 1 saturated heterocycles. The largest absolute Gasteiger partial charge is 0.344 e. The molecule has 0 aromatic heterocycles. The van der Waals surface area contributed by atoms with Crippen molar-refractivity contribution in [2.75, 3.05) is 0 Å². The molecular formula is C16H30O2. The third kappa shape index (κ3) is 5.53. The van der Waals surface area contributed by atoms with E-state index in [9.17, 15) is 0 Å². The van der Waals surface area contributed by atoms with Gasteiger partial charge in [0.15, 0.2) is 5.79 Å². The van der Waals surface area contributed by atoms with Crippen molar-refractivity contribution in [2.24, 2.45) is 0 Å². The Morgan fingerprint density at radius 3 is 2.39 bits per heavy atom. The average molecular weight is 254 g/mol. The highest BCUT2D eigenvalue weighted by molar-refractivity contribution is 4.98. The zero-order valence-corrected chi connectivity index (χ0v) is 12.6. The molecule has 0 aliphatic carbocycles. The number of hydrogen-bond acceptors (Lipinski definition) is 2. The summed E-state index contributed by atoms with van der Waals surface area (Å²) >= 11 is 0. The summed E-state index contributed by atoms with van der Waals surface area (Å²) in [6.07, 6.45) is 13.4. The molecule has 2 heteroatoms. The van der Waals surface area contributed by atoms with Crippen molar-refractivity contribution in [3.8, 4) is 0 Å². The van der Waals surface area contributed by atoms with Gasteiger partial charge in [0.25, 0.3) is 0 Å². The van der Waals surface area contributed by atoms with Crippen LogP contribution in [0.3, 0.4) is 0 Å². The lowest BCUT2D eigenvalue weighted by atomic mass is 10.1. The fourth-order valence-electron chi connectivity index (χ4n) is 2.40. The average Bonchev–Trinajstić information content (AvgIpc) is 2.60. The molecule has 0 spiro atoms. The van der Waals surface area contributed by atoms with Gasteiger partial charge in [-0.2, -0.15) is 0 Å². The molecule has 0 aromatic carbocycles. The highest BCUT2D eigenvalue weighted by Gasteiger charge is 2.39. The van der Waals surface area contributed by atoms with Gasteiger partial charge in [-0.1, -0.05) is 58.1 Å². The summed E-state index contributed by atoms with van der Waals surface area (Å²) in [6.45, 7) is 8.48. The molecule has 106 valence electrons. The van der Waals surface area contributed by atoms with E-state index in [1.54, 1.807) is 0 Å². The molecule has 1 fully saturated rings. The summed E-state index contributed by atoms with van der Waals surface area (Å²) in [5.74, 6) is -0.420. The second kappa shape index (κ2) is 7.96. The van der Waals surface area contributed by atoms with Gasteiger partial charge in [-0.3, -0.25) is 0 Å². The number of ether oxygens (including phenoxy) is 2. The third-order valence-electron chi connectivity index (χ3n) is 3.36. The van der Waals surface area contributed by atoms with E-state index in [-0.39, 0.29) is 12.2 Å². The van der Waals surface area contributed by atoms with Crippen LogP contribution in [0.1, 0.15) is 72.6 Å². The maximum Gasteiger partial charge on any atom is 0.164 e. The van der Waals surface area contributed by atoms with E-state index in [1.165, 1.54) is 32.1 Å². The lowest BCUT2D eigenvalue weighted by molar-refractivity contribution is -0.143. The molecule has 0 saturated carbocycles. The predicted molar refractivity (Wildman–Crippen MR) is 76.6 cm³/mol. The fraction of sp³-hybridized carbons (Fsp3) is 0.875. The zero-order chi connectivity index (χ0) is 13.4. The summed E-state index contributed by atoms with van der Waals surface area (Å²) in [6, 6.07) is 0. The first-order chi connectivity index (χ1) is 8.59. The van der Waals surface area contributed by atoms with Crippen LogP contribution in [0.25, 0.3) is 0 Å². The van der Waals surface area contributed by atoms with Gasteiger partial charge in [0.05, 0.1) is 6.10 Å². The molecule has 1 heterocycles. The van der Waals surface area contributed by atoms with Gasteiger partial charge in [-0.05, 0) is 26.7 Å². The van der Waals surface area contributed by atoms with Crippen molar-refractivity contribution in [3.63, 3.8) is 0 Å². The standard InChI is InChI=1S/C16H30O2/c1-5-7-9-11-13-15-14(12-10-8-6-2)17-16(3,4)18-15/h11,13-15H,5-10,12H2,1-4H3/b13-11+/t14-,15+/m0/s1. The Bertz CT molecular complexity index is 245. The van der Waals surface area contributed by atoms with Crippen molar-refractivity contribution in [1.29, 1.82) is 0 Å². The lowest BCUT2D eigenvalue weighted by Gasteiger charge is -2.16. The molecule has 0 amide bonds. The van der Waals surface area contributed by atoms with Crippen LogP contribution >= 0.6 is 0 Å². The molecule has 1 aliphatic rings. The minimum atomic E-state index is -0.420. The molecule has 0 N–H and O–H groups in total. The van der Waals surface area contributed by atoms with Crippen molar-refractivity contribution >= 4 is 0 Å². The first-order valence-electron chi connectivity index (χ1n) is 7.61. The van der Waals surface area contributed by atoms with E-state index in [0.29, 0.717) is 0 Å². The van der Waals surface area contributed by atoms with Crippen LogP contribution in [0.15, 0.2) is 12.2 Å². The van der Waals surface area contributed by atoms with Gasteiger partial charge in [-0.15, -0.1) is 0 Å². The molecule has 1 rings (SSSR count). The number of unbranched alkanes of at least 4 members (excludes halogenated alkanes) is 4. The quantitative estimate of drug-likeness (QED) is 0.456. The Balaban J connectivity index is 2.42. The predicted octanol–water partition coefficient (Wildman–Crippen LogP) is 4.83. The fourth-order valence-corrected chi connectivity index (χ4v) is 2.40. The van der Waals surface area contributed by atoms with Gasteiger partial charge in [0, 0.05) is 0 Å². The second-order valence-corrected chi connectivity index (χ2v) is 5.70. The summed E-state index contributed by atoms with van der Waals surface area (Å²) in [7, 11) is 0. The molecule has 0 radical (unpaired) electrons. The van der Waals surface area contributed by atoms with Crippen molar-refractivity contribution < 1.29 is 9.47 Å². The van der Waals surface area contributed by atoms with Crippen LogP contribution in [-0.2, 0) is 9.47 Å². The van der Waals surface area contributed by atoms with Gasteiger partial charge in [0.1, 0.15) is 6.10 Å². The van der Waals surface area contributed by atoms with Gasteiger partial charge in [-0.25, -0.2) is 0 Å².